The summed E-state index contributed by atoms with van der Waals surface area (Å²) in [6.45, 7) is 0.526. The Balaban J connectivity index is 2.11. The van der Waals surface area contributed by atoms with E-state index in [1.807, 2.05) is 0 Å². The number of rotatable bonds is 9. The quantitative estimate of drug-likeness (QED) is 0.429. The van der Waals surface area contributed by atoms with E-state index in [2.05, 4.69) is 10.1 Å². The van der Waals surface area contributed by atoms with E-state index in [0.717, 1.165) is 43.2 Å². The fraction of sp³-hybridized carbons (Fsp3) is 0.467. The molecular formula is C15H19F2NO3S. The summed E-state index contributed by atoms with van der Waals surface area (Å²) in [7, 11) is 1.35. The summed E-state index contributed by atoms with van der Waals surface area (Å²) < 4.78 is 30.3. The number of ether oxygens (including phenoxy) is 1. The minimum atomic E-state index is -0.920. The number of esters is 1. The number of nitrogens with one attached hydrogen (secondary N) is 1. The van der Waals surface area contributed by atoms with Crippen molar-refractivity contribution in [1.29, 1.82) is 0 Å². The number of methoxy groups -OCH3 is 1. The van der Waals surface area contributed by atoms with E-state index >= 15 is 0 Å². The van der Waals surface area contributed by atoms with Gasteiger partial charge in [0.25, 0.3) is 0 Å². The first-order valence-electron chi connectivity index (χ1n) is 6.94. The van der Waals surface area contributed by atoms with Gasteiger partial charge in [0.2, 0.25) is 5.91 Å². The predicted molar refractivity (Wildman–Crippen MR) is 80.6 cm³/mol. The molecule has 0 saturated heterocycles. The zero-order chi connectivity index (χ0) is 16.4. The first-order chi connectivity index (χ1) is 10.5. The zero-order valence-corrected chi connectivity index (χ0v) is 13.2. The standard InChI is InChI=1S/C15H19F2NO3S/c1-21-15(20)5-3-2-4-8-18-14(19)10-22-11-6-7-12(16)13(17)9-11/h6-7,9H,2-5,8,10H2,1H3,(H,18,19). The van der Waals surface area contributed by atoms with Gasteiger partial charge in [-0.15, -0.1) is 11.8 Å². The summed E-state index contributed by atoms with van der Waals surface area (Å²) in [6, 6.07) is 3.54. The molecule has 1 N–H and O–H groups in total. The van der Waals surface area contributed by atoms with Gasteiger partial charge in [0.05, 0.1) is 12.9 Å². The third kappa shape index (κ3) is 7.40. The van der Waals surface area contributed by atoms with Gasteiger partial charge in [0.1, 0.15) is 0 Å². The van der Waals surface area contributed by atoms with Crippen molar-refractivity contribution in [3.05, 3.63) is 29.8 Å². The van der Waals surface area contributed by atoms with Crippen LogP contribution in [-0.4, -0.2) is 31.3 Å². The second-order valence-electron chi connectivity index (χ2n) is 4.60. The van der Waals surface area contributed by atoms with Gasteiger partial charge >= 0.3 is 5.97 Å². The lowest BCUT2D eigenvalue weighted by molar-refractivity contribution is -0.140. The van der Waals surface area contributed by atoms with Crippen molar-refractivity contribution < 1.29 is 23.1 Å². The Kier molecular flexibility index (Phi) is 8.50. The highest BCUT2D eigenvalue weighted by Gasteiger charge is 2.06. The second-order valence-corrected chi connectivity index (χ2v) is 5.65. The van der Waals surface area contributed by atoms with E-state index in [4.69, 9.17) is 0 Å². The Labute approximate surface area is 132 Å². The number of carbonyl (C=O) groups is 2. The zero-order valence-electron chi connectivity index (χ0n) is 12.4. The average molecular weight is 331 g/mol. The lowest BCUT2D eigenvalue weighted by Crippen LogP contribution is -2.26. The Morgan fingerprint density at radius 3 is 2.64 bits per heavy atom. The maximum Gasteiger partial charge on any atom is 0.305 e. The van der Waals surface area contributed by atoms with Crippen molar-refractivity contribution >= 4 is 23.6 Å². The number of benzene rings is 1. The highest BCUT2D eigenvalue weighted by atomic mass is 32.2. The molecule has 122 valence electrons. The fourth-order valence-electron chi connectivity index (χ4n) is 1.67. The SMILES string of the molecule is COC(=O)CCCCCNC(=O)CSc1ccc(F)c(F)c1. The average Bonchev–Trinajstić information content (AvgIpc) is 2.51. The minimum absolute atomic E-state index is 0.146. The number of amides is 1. The van der Waals surface area contributed by atoms with E-state index in [0.29, 0.717) is 17.9 Å². The van der Waals surface area contributed by atoms with E-state index in [9.17, 15) is 18.4 Å². The first kappa shape index (κ1) is 18.4. The van der Waals surface area contributed by atoms with Gasteiger partial charge in [0, 0.05) is 17.9 Å². The third-order valence-corrected chi connectivity index (χ3v) is 3.86. The molecule has 0 saturated carbocycles. The topological polar surface area (TPSA) is 55.4 Å². The van der Waals surface area contributed by atoms with E-state index in [1.165, 1.54) is 13.2 Å². The fourth-order valence-corrected chi connectivity index (χ4v) is 2.42. The second kappa shape index (κ2) is 10.2. The summed E-state index contributed by atoms with van der Waals surface area (Å²) in [4.78, 5) is 23.0. The van der Waals surface area contributed by atoms with Gasteiger partial charge in [-0.05, 0) is 31.0 Å². The maximum absolute atomic E-state index is 13.0. The number of hydrogen-bond donors (Lipinski definition) is 1. The summed E-state index contributed by atoms with van der Waals surface area (Å²) >= 11 is 1.15. The number of thioether (sulfide) groups is 1. The number of hydrogen-bond acceptors (Lipinski definition) is 4. The molecule has 0 unspecified atom stereocenters. The van der Waals surface area contributed by atoms with E-state index in [1.54, 1.807) is 0 Å². The van der Waals surface area contributed by atoms with Gasteiger partial charge in [0.15, 0.2) is 11.6 Å². The molecule has 0 heterocycles. The highest BCUT2D eigenvalue weighted by Crippen LogP contribution is 2.19. The van der Waals surface area contributed by atoms with Gasteiger partial charge in [-0.3, -0.25) is 9.59 Å². The Morgan fingerprint density at radius 1 is 1.18 bits per heavy atom. The number of unbranched alkanes of at least 4 members (excludes halogenated alkanes) is 2. The molecule has 0 aliphatic heterocycles. The van der Waals surface area contributed by atoms with Crippen molar-refractivity contribution in [3.63, 3.8) is 0 Å². The predicted octanol–water partition coefficient (Wildman–Crippen LogP) is 2.91. The Hall–Kier alpha value is -1.63. The number of halogens is 2. The summed E-state index contributed by atoms with van der Waals surface area (Å²) in [5.74, 6) is -2.07. The molecule has 4 nitrogen and oxygen atoms in total. The van der Waals surface area contributed by atoms with Crippen LogP contribution in [0.15, 0.2) is 23.1 Å². The van der Waals surface area contributed by atoms with Crippen LogP contribution in [0.25, 0.3) is 0 Å². The van der Waals surface area contributed by atoms with Crippen LogP contribution in [-0.2, 0) is 14.3 Å². The molecule has 0 aliphatic rings. The van der Waals surface area contributed by atoms with Crippen LogP contribution in [0.3, 0.4) is 0 Å². The van der Waals surface area contributed by atoms with Crippen LogP contribution in [0, 0.1) is 11.6 Å². The summed E-state index contributed by atoms with van der Waals surface area (Å²) in [5.41, 5.74) is 0. The van der Waals surface area contributed by atoms with Gasteiger partial charge in [-0.1, -0.05) is 6.42 Å². The van der Waals surface area contributed by atoms with Gasteiger partial charge in [-0.2, -0.15) is 0 Å². The molecule has 22 heavy (non-hydrogen) atoms. The smallest absolute Gasteiger partial charge is 0.305 e. The van der Waals surface area contributed by atoms with E-state index in [-0.39, 0.29) is 17.6 Å². The van der Waals surface area contributed by atoms with Crippen molar-refractivity contribution in [2.75, 3.05) is 19.4 Å². The van der Waals surface area contributed by atoms with Crippen LogP contribution in [0.2, 0.25) is 0 Å². The van der Waals surface area contributed by atoms with Gasteiger partial charge in [-0.25, -0.2) is 8.78 Å². The van der Waals surface area contributed by atoms with E-state index < -0.39 is 11.6 Å². The molecule has 0 fully saturated rings. The van der Waals surface area contributed by atoms with Crippen molar-refractivity contribution in [2.45, 2.75) is 30.6 Å². The molecule has 0 aromatic heterocycles. The van der Waals surface area contributed by atoms with Crippen LogP contribution in [0.5, 0.6) is 0 Å². The lowest BCUT2D eigenvalue weighted by Gasteiger charge is -2.05. The molecule has 0 radical (unpaired) electrons. The molecule has 1 amide bonds. The van der Waals surface area contributed by atoms with Crippen molar-refractivity contribution in [2.24, 2.45) is 0 Å². The van der Waals surface area contributed by atoms with Crippen LogP contribution in [0.1, 0.15) is 25.7 Å². The molecule has 0 atom stereocenters. The van der Waals surface area contributed by atoms with Gasteiger partial charge < -0.3 is 10.1 Å². The highest BCUT2D eigenvalue weighted by molar-refractivity contribution is 8.00. The first-order valence-corrected chi connectivity index (χ1v) is 7.93. The monoisotopic (exact) mass is 331 g/mol. The molecule has 1 aromatic carbocycles. The van der Waals surface area contributed by atoms with Crippen LogP contribution < -0.4 is 5.32 Å². The third-order valence-electron chi connectivity index (χ3n) is 2.87. The largest absolute Gasteiger partial charge is 0.469 e. The molecule has 0 bridgehead atoms. The molecule has 0 aliphatic carbocycles. The summed E-state index contributed by atoms with van der Waals surface area (Å²) in [5, 5.41) is 2.74. The maximum atomic E-state index is 13.0. The Morgan fingerprint density at radius 2 is 1.95 bits per heavy atom. The molecule has 1 aromatic rings. The minimum Gasteiger partial charge on any atom is -0.469 e. The molecular weight excluding hydrogens is 312 g/mol. The molecule has 0 spiro atoms. The van der Waals surface area contributed by atoms with Crippen molar-refractivity contribution in [3.8, 4) is 0 Å². The van der Waals surface area contributed by atoms with Crippen LogP contribution >= 0.6 is 11.8 Å². The number of carbonyl (C=O) groups excluding carboxylic acids is 2. The molecule has 7 heteroatoms. The summed E-state index contributed by atoms with van der Waals surface area (Å²) in [6.07, 6.45) is 2.72. The Bertz CT molecular complexity index is 512. The van der Waals surface area contributed by atoms with Crippen LogP contribution in [0.4, 0.5) is 8.78 Å². The van der Waals surface area contributed by atoms with Crippen molar-refractivity contribution in [1.82, 2.24) is 5.32 Å². The normalized spacial score (nSPS) is 10.3. The molecule has 1 rings (SSSR count). The lowest BCUT2D eigenvalue weighted by atomic mass is 10.2.